The molecular weight excluding hydrogens is 338 g/mol. The van der Waals surface area contributed by atoms with Crippen molar-refractivity contribution >= 4 is 5.91 Å². The number of benzene rings is 2. The molecular formula is C22H25N3O2. The Balaban J connectivity index is 1.75. The summed E-state index contributed by atoms with van der Waals surface area (Å²) in [5.41, 5.74) is 4.61. The van der Waals surface area contributed by atoms with Crippen LogP contribution in [0.3, 0.4) is 0 Å². The number of hydrogen-bond donors (Lipinski definition) is 2. The molecule has 2 aromatic carbocycles. The number of nitrogens with zero attached hydrogens (tertiary/aromatic N) is 2. The molecule has 3 rings (SSSR count). The molecule has 5 heteroatoms. The van der Waals surface area contributed by atoms with E-state index in [1.165, 1.54) is 5.56 Å². The quantitative estimate of drug-likeness (QED) is 0.696. The molecule has 0 spiro atoms. The molecule has 0 unspecified atom stereocenters. The monoisotopic (exact) mass is 363 g/mol. The molecule has 0 atom stereocenters. The first kappa shape index (κ1) is 18.7. The van der Waals surface area contributed by atoms with Crippen LogP contribution in [-0.4, -0.2) is 27.3 Å². The summed E-state index contributed by atoms with van der Waals surface area (Å²) in [6, 6.07) is 15.2. The maximum Gasteiger partial charge on any atom is 0.254 e. The zero-order chi connectivity index (χ0) is 19.4. The Bertz CT molecular complexity index is 927. The standard InChI is InChI=1S/C22H25N3O2/c1-15(2)21-20(14-24-25(21)18-9-7-16(3)8-10-18)22(27)23-12-11-17-5-4-6-19(26)13-17/h4-10,13-15,26H,11-12H2,1-3H3,(H,23,27). The van der Waals surface area contributed by atoms with Crippen molar-refractivity contribution in [3.63, 3.8) is 0 Å². The van der Waals surface area contributed by atoms with Crippen molar-refractivity contribution in [3.05, 3.63) is 77.1 Å². The number of aromatic nitrogens is 2. The molecule has 0 aliphatic rings. The predicted octanol–water partition coefficient (Wildman–Crippen LogP) is 3.98. The van der Waals surface area contributed by atoms with E-state index in [-0.39, 0.29) is 17.6 Å². The summed E-state index contributed by atoms with van der Waals surface area (Å²) in [5, 5.41) is 16.9. The highest BCUT2D eigenvalue weighted by Crippen LogP contribution is 2.23. The van der Waals surface area contributed by atoms with Gasteiger partial charge in [0.05, 0.1) is 23.1 Å². The van der Waals surface area contributed by atoms with Crippen LogP contribution in [0.4, 0.5) is 0 Å². The minimum atomic E-state index is -0.128. The summed E-state index contributed by atoms with van der Waals surface area (Å²) in [5.74, 6) is 0.262. The van der Waals surface area contributed by atoms with Crippen LogP contribution in [-0.2, 0) is 6.42 Å². The lowest BCUT2D eigenvalue weighted by Gasteiger charge is -2.13. The molecule has 0 bridgehead atoms. The van der Waals surface area contributed by atoms with Crippen molar-refractivity contribution in [1.82, 2.24) is 15.1 Å². The van der Waals surface area contributed by atoms with Gasteiger partial charge in [0.2, 0.25) is 0 Å². The Morgan fingerprint density at radius 1 is 1.19 bits per heavy atom. The van der Waals surface area contributed by atoms with Crippen LogP contribution < -0.4 is 5.32 Å². The molecule has 0 saturated heterocycles. The highest BCUT2D eigenvalue weighted by Gasteiger charge is 2.20. The van der Waals surface area contributed by atoms with E-state index in [9.17, 15) is 9.90 Å². The second-order valence-electron chi connectivity index (χ2n) is 7.02. The van der Waals surface area contributed by atoms with Gasteiger partial charge in [-0.2, -0.15) is 5.10 Å². The van der Waals surface area contributed by atoms with Crippen LogP contribution in [0.2, 0.25) is 0 Å². The Hall–Kier alpha value is -3.08. The van der Waals surface area contributed by atoms with Crippen LogP contribution in [0.5, 0.6) is 5.75 Å². The highest BCUT2D eigenvalue weighted by atomic mass is 16.3. The Kier molecular flexibility index (Phi) is 5.60. The number of phenols is 1. The summed E-state index contributed by atoms with van der Waals surface area (Å²) < 4.78 is 1.84. The third kappa shape index (κ3) is 4.37. The summed E-state index contributed by atoms with van der Waals surface area (Å²) in [6.07, 6.45) is 2.29. The van der Waals surface area contributed by atoms with Crippen molar-refractivity contribution in [2.75, 3.05) is 6.54 Å². The first-order chi connectivity index (χ1) is 13.0. The fourth-order valence-electron chi connectivity index (χ4n) is 3.11. The van der Waals surface area contributed by atoms with E-state index in [1.807, 2.05) is 41.9 Å². The third-order valence-corrected chi connectivity index (χ3v) is 4.49. The minimum absolute atomic E-state index is 0.128. The number of hydrogen-bond acceptors (Lipinski definition) is 3. The molecule has 2 N–H and O–H groups in total. The van der Waals surface area contributed by atoms with Crippen LogP contribution in [0.1, 0.15) is 46.9 Å². The summed E-state index contributed by atoms with van der Waals surface area (Å²) in [6.45, 7) is 6.66. The lowest BCUT2D eigenvalue weighted by molar-refractivity contribution is 0.0953. The number of carbonyl (C=O) groups excluding carboxylic acids is 1. The van der Waals surface area contributed by atoms with Crippen molar-refractivity contribution in [2.45, 2.75) is 33.1 Å². The zero-order valence-electron chi connectivity index (χ0n) is 15.9. The van der Waals surface area contributed by atoms with Gasteiger partial charge in [-0.05, 0) is 49.1 Å². The van der Waals surface area contributed by atoms with Gasteiger partial charge in [-0.1, -0.05) is 43.7 Å². The van der Waals surface area contributed by atoms with Gasteiger partial charge < -0.3 is 10.4 Å². The molecule has 0 fully saturated rings. The Morgan fingerprint density at radius 3 is 2.59 bits per heavy atom. The van der Waals surface area contributed by atoms with Crippen molar-refractivity contribution in [3.8, 4) is 11.4 Å². The average Bonchev–Trinajstić information content (AvgIpc) is 3.08. The van der Waals surface area contributed by atoms with Crippen molar-refractivity contribution < 1.29 is 9.90 Å². The van der Waals surface area contributed by atoms with E-state index in [0.717, 1.165) is 16.9 Å². The molecule has 0 aliphatic carbocycles. The first-order valence-corrected chi connectivity index (χ1v) is 9.17. The molecule has 1 amide bonds. The molecule has 0 aliphatic heterocycles. The number of aromatic hydroxyl groups is 1. The minimum Gasteiger partial charge on any atom is -0.508 e. The Morgan fingerprint density at radius 2 is 1.93 bits per heavy atom. The topological polar surface area (TPSA) is 67.2 Å². The van der Waals surface area contributed by atoms with E-state index in [1.54, 1.807) is 24.4 Å². The molecule has 1 aromatic heterocycles. The van der Waals surface area contributed by atoms with Crippen molar-refractivity contribution in [2.24, 2.45) is 0 Å². The number of aryl methyl sites for hydroxylation is 1. The largest absolute Gasteiger partial charge is 0.508 e. The van der Waals surface area contributed by atoms with E-state index >= 15 is 0 Å². The molecule has 140 valence electrons. The van der Waals surface area contributed by atoms with Gasteiger partial charge >= 0.3 is 0 Å². The maximum atomic E-state index is 12.7. The zero-order valence-corrected chi connectivity index (χ0v) is 15.9. The van der Waals surface area contributed by atoms with Gasteiger partial charge in [0.1, 0.15) is 5.75 Å². The van der Waals surface area contributed by atoms with Crippen LogP contribution in [0.15, 0.2) is 54.7 Å². The van der Waals surface area contributed by atoms with Crippen LogP contribution in [0.25, 0.3) is 5.69 Å². The lowest BCUT2D eigenvalue weighted by Crippen LogP contribution is -2.26. The average molecular weight is 363 g/mol. The molecule has 3 aromatic rings. The number of carbonyl (C=O) groups is 1. The molecule has 27 heavy (non-hydrogen) atoms. The number of amides is 1. The number of nitrogens with one attached hydrogen (secondary N) is 1. The predicted molar refractivity (Wildman–Crippen MR) is 107 cm³/mol. The summed E-state index contributed by atoms with van der Waals surface area (Å²) >= 11 is 0. The van der Waals surface area contributed by atoms with E-state index in [0.29, 0.717) is 18.5 Å². The number of phenolic OH excluding ortho intramolecular Hbond substituents is 1. The number of rotatable bonds is 6. The molecule has 0 radical (unpaired) electrons. The van der Waals surface area contributed by atoms with E-state index in [4.69, 9.17) is 0 Å². The second kappa shape index (κ2) is 8.08. The van der Waals surface area contributed by atoms with E-state index in [2.05, 4.69) is 24.3 Å². The normalized spacial score (nSPS) is 11.0. The smallest absolute Gasteiger partial charge is 0.254 e. The molecule has 1 heterocycles. The van der Waals surface area contributed by atoms with Gasteiger partial charge in [-0.25, -0.2) is 4.68 Å². The lowest BCUT2D eigenvalue weighted by atomic mass is 10.0. The summed E-state index contributed by atoms with van der Waals surface area (Å²) in [4.78, 5) is 12.7. The fraction of sp³-hybridized carbons (Fsp3) is 0.273. The van der Waals surface area contributed by atoms with Gasteiger partial charge in [0.15, 0.2) is 0 Å². The maximum absolute atomic E-state index is 12.7. The SMILES string of the molecule is Cc1ccc(-n2ncc(C(=O)NCCc3cccc(O)c3)c2C(C)C)cc1. The van der Waals surface area contributed by atoms with Crippen LogP contribution >= 0.6 is 0 Å². The first-order valence-electron chi connectivity index (χ1n) is 9.17. The molecule has 0 saturated carbocycles. The van der Waals surface area contributed by atoms with Crippen LogP contribution in [0, 0.1) is 6.92 Å². The van der Waals surface area contributed by atoms with E-state index < -0.39 is 0 Å². The fourth-order valence-corrected chi connectivity index (χ4v) is 3.11. The second-order valence-corrected chi connectivity index (χ2v) is 7.02. The van der Waals surface area contributed by atoms with Gasteiger partial charge in [0, 0.05) is 6.54 Å². The van der Waals surface area contributed by atoms with Crippen molar-refractivity contribution in [1.29, 1.82) is 0 Å². The molecule has 5 nitrogen and oxygen atoms in total. The summed E-state index contributed by atoms with van der Waals surface area (Å²) in [7, 11) is 0. The Labute approximate surface area is 159 Å². The van der Waals surface area contributed by atoms with Gasteiger partial charge in [0.25, 0.3) is 5.91 Å². The van der Waals surface area contributed by atoms with Gasteiger partial charge in [-0.3, -0.25) is 4.79 Å². The van der Waals surface area contributed by atoms with Gasteiger partial charge in [-0.15, -0.1) is 0 Å². The third-order valence-electron chi connectivity index (χ3n) is 4.49. The highest BCUT2D eigenvalue weighted by molar-refractivity contribution is 5.95.